The molecule has 0 atom stereocenters. The number of hydrogen-bond donors (Lipinski definition) is 0. The van der Waals surface area contributed by atoms with Crippen LogP contribution in [0.3, 0.4) is 0 Å². The van der Waals surface area contributed by atoms with Crippen LogP contribution < -0.4 is 9.47 Å². The van der Waals surface area contributed by atoms with E-state index in [1.807, 2.05) is 12.1 Å². The van der Waals surface area contributed by atoms with E-state index in [-0.39, 0.29) is 0 Å². The highest BCUT2D eigenvalue weighted by atomic mass is 79.9. The fourth-order valence-corrected chi connectivity index (χ4v) is 2.10. The molecule has 0 saturated heterocycles. The zero-order valence-electron chi connectivity index (χ0n) is 8.16. The second-order valence-corrected chi connectivity index (χ2v) is 4.18. The van der Waals surface area contributed by atoms with Gasteiger partial charge in [0.2, 0.25) is 0 Å². The molecule has 15 heavy (non-hydrogen) atoms. The molecule has 0 bridgehead atoms. The Bertz CT molecular complexity index is 376. The van der Waals surface area contributed by atoms with Crippen molar-refractivity contribution in [2.24, 2.45) is 0 Å². The SMILES string of the molecule is O=CCc1cc(Br)c2c(c1)OCCCO2. The molecule has 3 nitrogen and oxygen atoms in total. The lowest BCUT2D eigenvalue weighted by Crippen LogP contribution is -1.97. The van der Waals surface area contributed by atoms with Gasteiger partial charge in [0, 0.05) is 12.8 Å². The molecule has 0 unspecified atom stereocenters. The van der Waals surface area contributed by atoms with Crippen molar-refractivity contribution in [2.45, 2.75) is 12.8 Å². The third-order valence-electron chi connectivity index (χ3n) is 2.18. The maximum Gasteiger partial charge on any atom is 0.175 e. The van der Waals surface area contributed by atoms with Gasteiger partial charge in [0.05, 0.1) is 17.7 Å². The fraction of sp³-hybridized carbons (Fsp3) is 0.364. The van der Waals surface area contributed by atoms with Gasteiger partial charge in [-0.2, -0.15) is 0 Å². The van der Waals surface area contributed by atoms with Crippen molar-refractivity contribution >= 4 is 22.2 Å². The Morgan fingerprint density at radius 2 is 2.13 bits per heavy atom. The fourth-order valence-electron chi connectivity index (χ4n) is 1.50. The van der Waals surface area contributed by atoms with Gasteiger partial charge in [-0.15, -0.1) is 0 Å². The number of benzene rings is 1. The first kappa shape index (κ1) is 10.5. The maximum absolute atomic E-state index is 10.4. The van der Waals surface area contributed by atoms with Crippen molar-refractivity contribution in [2.75, 3.05) is 13.2 Å². The van der Waals surface area contributed by atoms with Gasteiger partial charge in [0.1, 0.15) is 6.29 Å². The molecule has 80 valence electrons. The van der Waals surface area contributed by atoms with Gasteiger partial charge in [-0.3, -0.25) is 0 Å². The first-order chi connectivity index (χ1) is 7.31. The monoisotopic (exact) mass is 270 g/mol. The molecule has 1 aliphatic rings. The summed E-state index contributed by atoms with van der Waals surface area (Å²) in [6.07, 6.45) is 2.16. The van der Waals surface area contributed by atoms with E-state index in [0.717, 1.165) is 34.2 Å². The minimum absolute atomic E-state index is 0.398. The maximum atomic E-state index is 10.4. The van der Waals surface area contributed by atoms with E-state index < -0.39 is 0 Å². The number of ether oxygens (including phenoxy) is 2. The van der Waals surface area contributed by atoms with Crippen LogP contribution in [0.15, 0.2) is 16.6 Å². The summed E-state index contributed by atoms with van der Waals surface area (Å²) in [6.45, 7) is 1.32. The van der Waals surface area contributed by atoms with Gasteiger partial charge in [-0.05, 0) is 33.6 Å². The number of halogens is 1. The van der Waals surface area contributed by atoms with E-state index in [9.17, 15) is 4.79 Å². The molecular weight excluding hydrogens is 260 g/mol. The number of rotatable bonds is 2. The molecule has 0 aliphatic carbocycles. The zero-order valence-corrected chi connectivity index (χ0v) is 9.75. The third kappa shape index (κ3) is 2.31. The van der Waals surface area contributed by atoms with Gasteiger partial charge in [0.25, 0.3) is 0 Å². The summed E-state index contributed by atoms with van der Waals surface area (Å²) in [5.74, 6) is 1.46. The van der Waals surface area contributed by atoms with Crippen LogP contribution >= 0.6 is 15.9 Å². The van der Waals surface area contributed by atoms with E-state index in [1.165, 1.54) is 0 Å². The molecule has 4 heteroatoms. The highest BCUT2D eigenvalue weighted by Gasteiger charge is 2.14. The molecule has 1 aromatic rings. The van der Waals surface area contributed by atoms with Crippen molar-refractivity contribution < 1.29 is 14.3 Å². The van der Waals surface area contributed by atoms with Crippen LogP contribution in [0.5, 0.6) is 11.5 Å². The summed E-state index contributed by atoms with van der Waals surface area (Å²) >= 11 is 3.42. The number of carbonyl (C=O) groups excluding carboxylic acids is 1. The Kier molecular flexibility index (Phi) is 3.26. The standard InChI is InChI=1S/C11H11BrO3/c12-9-6-8(2-3-13)7-10-11(9)15-5-1-4-14-10/h3,6-7H,1-2,4-5H2. The molecule has 0 saturated carbocycles. The molecule has 2 rings (SSSR count). The summed E-state index contributed by atoms with van der Waals surface area (Å²) in [6, 6.07) is 3.75. The lowest BCUT2D eigenvalue weighted by molar-refractivity contribution is -0.107. The number of carbonyl (C=O) groups is 1. The Labute approximate surface area is 96.5 Å². The molecular formula is C11H11BrO3. The second-order valence-electron chi connectivity index (χ2n) is 3.33. The Morgan fingerprint density at radius 3 is 2.93 bits per heavy atom. The average Bonchev–Trinajstić information content (AvgIpc) is 2.43. The molecule has 0 radical (unpaired) electrons. The first-order valence-electron chi connectivity index (χ1n) is 4.83. The first-order valence-corrected chi connectivity index (χ1v) is 5.62. The van der Waals surface area contributed by atoms with E-state index in [2.05, 4.69) is 15.9 Å². The van der Waals surface area contributed by atoms with Crippen molar-refractivity contribution in [3.8, 4) is 11.5 Å². The van der Waals surface area contributed by atoms with E-state index in [4.69, 9.17) is 9.47 Å². The Morgan fingerprint density at radius 1 is 1.33 bits per heavy atom. The van der Waals surface area contributed by atoms with Crippen molar-refractivity contribution in [3.63, 3.8) is 0 Å². The summed E-state index contributed by atoms with van der Waals surface area (Å²) in [7, 11) is 0. The summed E-state index contributed by atoms with van der Waals surface area (Å²) in [4.78, 5) is 10.4. The molecule has 0 spiro atoms. The van der Waals surface area contributed by atoms with Crippen molar-refractivity contribution in [1.82, 2.24) is 0 Å². The number of fused-ring (bicyclic) bond motifs is 1. The van der Waals surface area contributed by atoms with Gasteiger partial charge in [-0.25, -0.2) is 0 Å². The van der Waals surface area contributed by atoms with Crippen LogP contribution in [0, 0.1) is 0 Å². The topological polar surface area (TPSA) is 35.5 Å². The summed E-state index contributed by atoms with van der Waals surface area (Å²) in [5, 5.41) is 0. The molecule has 0 aromatic heterocycles. The van der Waals surface area contributed by atoms with Gasteiger partial charge in [0.15, 0.2) is 11.5 Å². The van der Waals surface area contributed by atoms with Crippen molar-refractivity contribution in [1.29, 1.82) is 0 Å². The molecule has 1 aliphatic heterocycles. The van der Waals surface area contributed by atoms with Crippen LogP contribution in [0.4, 0.5) is 0 Å². The quantitative estimate of drug-likeness (QED) is 0.774. The summed E-state index contributed by atoms with van der Waals surface area (Å²) in [5.41, 5.74) is 0.932. The third-order valence-corrected chi connectivity index (χ3v) is 2.77. The van der Waals surface area contributed by atoms with Crippen LogP contribution in [-0.2, 0) is 11.2 Å². The number of aldehydes is 1. The normalized spacial score (nSPS) is 14.5. The van der Waals surface area contributed by atoms with Crippen molar-refractivity contribution in [3.05, 3.63) is 22.2 Å². The minimum Gasteiger partial charge on any atom is -0.490 e. The molecule has 0 N–H and O–H groups in total. The van der Waals surface area contributed by atoms with E-state index in [1.54, 1.807) is 0 Å². The van der Waals surface area contributed by atoms with E-state index >= 15 is 0 Å². The zero-order chi connectivity index (χ0) is 10.7. The molecule has 1 aromatic carbocycles. The highest BCUT2D eigenvalue weighted by Crippen LogP contribution is 2.38. The summed E-state index contributed by atoms with van der Waals surface area (Å²) < 4.78 is 11.9. The lowest BCUT2D eigenvalue weighted by Gasteiger charge is -2.10. The second kappa shape index (κ2) is 4.66. The highest BCUT2D eigenvalue weighted by molar-refractivity contribution is 9.10. The number of hydrogen-bond acceptors (Lipinski definition) is 3. The van der Waals surface area contributed by atoms with Gasteiger partial charge >= 0.3 is 0 Å². The Balaban J connectivity index is 2.39. The molecule has 0 amide bonds. The van der Waals surface area contributed by atoms with E-state index in [0.29, 0.717) is 19.6 Å². The minimum atomic E-state index is 0.398. The van der Waals surface area contributed by atoms with Crippen LogP contribution in [0.2, 0.25) is 0 Å². The van der Waals surface area contributed by atoms with Crippen LogP contribution in [-0.4, -0.2) is 19.5 Å². The smallest absolute Gasteiger partial charge is 0.175 e. The average molecular weight is 271 g/mol. The van der Waals surface area contributed by atoms with Crippen LogP contribution in [0.25, 0.3) is 0 Å². The lowest BCUT2D eigenvalue weighted by atomic mass is 10.1. The predicted molar refractivity (Wildman–Crippen MR) is 59.5 cm³/mol. The largest absolute Gasteiger partial charge is 0.490 e. The van der Waals surface area contributed by atoms with Crippen LogP contribution in [0.1, 0.15) is 12.0 Å². The molecule has 1 heterocycles. The predicted octanol–water partition coefficient (Wildman–Crippen LogP) is 2.35. The van der Waals surface area contributed by atoms with Gasteiger partial charge in [-0.1, -0.05) is 0 Å². The Hall–Kier alpha value is -1.03. The molecule has 0 fully saturated rings. The van der Waals surface area contributed by atoms with Gasteiger partial charge < -0.3 is 14.3 Å².